The van der Waals surface area contributed by atoms with E-state index in [9.17, 15) is 0 Å². The van der Waals surface area contributed by atoms with Crippen molar-refractivity contribution in [1.82, 2.24) is 5.43 Å². The standard InChI is InChI=1S/C18H24N2S/c1-13(2)15-8-10-16(11-9-15)17(20-19)12-21-18-7-5-4-6-14(18)3/h4-11,13,17,20H,12,19H2,1-3H3. The van der Waals surface area contributed by atoms with E-state index in [1.54, 1.807) is 0 Å². The van der Waals surface area contributed by atoms with Gasteiger partial charge in [-0.1, -0.05) is 56.3 Å². The lowest BCUT2D eigenvalue weighted by Gasteiger charge is -2.17. The van der Waals surface area contributed by atoms with Gasteiger partial charge in [0.15, 0.2) is 0 Å². The molecule has 0 amide bonds. The van der Waals surface area contributed by atoms with E-state index in [1.807, 2.05) is 11.8 Å². The Morgan fingerprint density at radius 1 is 1.00 bits per heavy atom. The van der Waals surface area contributed by atoms with Gasteiger partial charge < -0.3 is 0 Å². The minimum atomic E-state index is 0.163. The molecule has 2 aromatic rings. The Morgan fingerprint density at radius 2 is 1.62 bits per heavy atom. The number of aryl methyl sites for hydroxylation is 1. The normalized spacial score (nSPS) is 12.6. The summed E-state index contributed by atoms with van der Waals surface area (Å²) in [6, 6.07) is 17.4. The first-order chi connectivity index (χ1) is 10.1. The van der Waals surface area contributed by atoms with Crippen molar-refractivity contribution in [2.24, 2.45) is 5.84 Å². The largest absolute Gasteiger partial charge is 0.271 e. The Labute approximate surface area is 132 Å². The summed E-state index contributed by atoms with van der Waals surface area (Å²) in [5, 5.41) is 0. The summed E-state index contributed by atoms with van der Waals surface area (Å²) in [5.41, 5.74) is 6.85. The first kappa shape index (κ1) is 16.1. The number of hydrogen-bond donors (Lipinski definition) is 2. The highest BCUT2D eigenvalue weighted by molar-refractivity contribution is 7.99. The summed E-state index contributed by atoms with van der Waals surface area (Å²) in [6.07, 6.45) is 0. The van der Waals surface area contributed by atoms with E-state index in [4.69, 9.17) is 5.84 Å². The number of hydrogen-bond acceptors (Lipinski definition) is 3. The summed E-state index contributed by atoms with van der Waals surface area (Å²) in [7, 11) is 0. The third kappa shape index (κ3) is 4.34. The topological polar surface area (TPSA) is 38.0 Å². The van der Waals surface area contributed by atoms with Gasteiger partial charge in [-0.25, -0.2) is 0 Å². The molecule has 0 spiro atoms. The second-order valence-corrected chi connectivity index (χ2v) is 6.68. The number of benzene rings is 2. The maximum absolute atomic E-state index is 5.74. The van der Waals surface area contributed by atoms with E-state index in [0.29, 0.717) is 5.92 Å². The first-order valence-electron chi connectivity index (χ1n) is 7.36. The molecule has 0 bridgehead atoms. The molecule has 2 nitrogen and oxygen atoms in total. The van der Waals surface area contributed by atoms with Gasteiger partial charge in [-0.05, 0) is 35.6 Å². The van der Waals surface area contributed by atoms with Crippen molar-refractivity contribution in [2.75, 3.05) is 5.75 Å². The number of rotatable bonds is 6. The Morgan fingerprint density at radius 3 is 2.19 bits per heavy atom. The van der Waals surface area contributed by atoms with Gasteiger partial charge in [0, 0.05) is 10.6 Å². The zero-order chi connectivity index (χ0) is 15.2. The smallest absolute Gasteiger partial charge is 0.0553 e. The second kappa shape index (κ2) is 7.64. The van der Waals surface area contributed by atoms with Gasteiger partial charge in [0.05, 0.1) is 6.04 Å². The van der Waals surface area contributed by atoms with Crippen LogP contribution in [0, 0.1) is 6.92 Å². The zero-order valence-electron chi connectivity index (χ0n) is 13.0. The summed E-state index contributed by atoms with van der Waals surface area (Å²) in [5.74, 6) is 7.22. The van der Waals surface area contributed by atoms with Crippen molar-refractivity contribution in [3.63, 3.8) is 0 Å². The molecular weight excluding hydrogens is 276 g/mol. The molecule has 0 aliphatic rings. The SMILES string of the molecule is Cc1ccccc1SCC(NN)c1ccc(C(C)C)cc1. The molecule has 112 valence electrons. The molecule has 0 aliphatic heterocycles. The van der Waals surface area contributed by atoms with Crippen LogP contribution in [0.25, 0.3) is 0 Å². The Kier molecular flexibility index (Phi) is 5.85. The van der Waals surface area contributed by atoms with E-state index in [2.05, 4.69) is 74.7 Å². The van der Waals surface area contributed by atoms with E-state index >= 15 is 0 Å². The summed E-state index contributed by atoms with van der Waals surface area (Å²) in [4.78, 5) is 1.32. The number of thioether (sulfide) groups is 1. The molecule has 0 aliphatic carbocycles. The fraction of sp³-hybridized carbons (Fsp3) is 0.333. The van der Waals surface area contributed by atoms with E-state index in [0.717, 1.165) is 5.75 Å². The van der Waals surface area contributed by atoms with E-state index in [-0.39, 0.29) is 6.04 Å². The van der Waals surface area contributed by atoms with Crippen LogP contribution < -0.4 is 11.3 Å². The Balaban J connectivity index is 2.04. The fourth-order valence-electron chi connectivity index (χ4n) is 2.25. The number of hydrazine groups is 1. The molecule has 1 unspecified atom stereocenters. The molecule has 2 rings (SSSR count). The fourth-order valence-corrected chi connectivity index (χ4v) is 3.35. The molecule has 0 saturated heterocycles. The maximum atomic E-state index is 5.74. The van der Waals surface area contributed by atoms with Gasteiger partial charge in [0.25, 0.3) is 0 Å². The zero-order valence-corrected chi connectivity index (χ0v) is 13.8. The second-order valence-electron chi connectivity index (χ2n) is 5.62. The molecule has 0 aromatic heterocycles. The third-order valence-corrected chi connectivity index (χ3v) is 4.97. The maximum Gasteiger partial charge on any atom is 0.0553 e. The summed E-state index contributed by atoms with van der Waals surface area (Å²) >= 11 is 1.84. The minimum Gasteiger partial charge on any atom is -0.271 e. The molecule has 0 fully saturated rings. The lowest BCUT2D eigenvalue weighted by molar-refractivity contribution is 0.610. The molecule has 0 saturated carbocycles. The summed E-state index contributed by atoms with van der Waals surface area (Å²) in [6.45, 7) is 6.56. The van der Waals surface area contributed by atoms with Crippen LogP contribution in [0.1, 0.15) is 42.5 Å². The van der Waals surface area contributed by atoms with E-state index < -0.39 is 0 Å². The van der Waals surface area contributed by atoms with Crippen LogP contribution >= 0.6 is 11.8 Å². The van der Waals surface area contributed by atoms with Crippen LogP contribution in [-0.4, -0.2) is 5.75 Å². The lowest BCUT2D eigenvalue weighted by Crippen LogP contribution is -2.29. The molecule has 2 aromatic carbocycles. The van der Waals surface area contributed by atoms with Gasteiger partial charge >= 0.3 is 0 Å². The van der Waals surface area contributed by atoms with Gasteiger partial charge in [0.2, 0.25) is 0 Å². The monoisotopic (exact) mass is 300 g/mol. The summed E-state index contributed by atoms with van der Waals surface area (Å²) < 4.78 is 0. The predicted octanol–water partition coefficient (Wildman–Crippen LogP) is 4.42. The molecule has 3 heteroatoms. The van der Waals surface area contributed by atoms with Crippen LogP contribution in [0.2, 0.25) is 0 Å². The molecule has 1 atom stereocenters. The van der Waals surface area contributed by atoms with Crippen molar-refractivity contribution < 1.29 is 0 Å². The predicted molar refractivity (Wildman–Crippen MR) is 92.5 cm³/mol. The minimum absolute atomic E-state index is 0.163. The van der Waals surface area contributed by atoms with Gasteiger partial charge in [-0.3, -0.25) is 11.3 Å². The van der Waals surface area contributed by atoms with Crippen molar-refractivity contribution in [1.29, 1.82) is 0 Å². The molecule has 0 radical (unpaired) electrons. The highest BCUT2D eigenvalue weighted by Crippen LogP contribution is 2.27. The van der Waals surface area contributed by atoms with Gasteiger partial charge in [-0.2, -0.15) is 0 Å². The van der Waals surface area contributed by atoms with Crippen LogP contribution in [0.3, 0.4) is 0 Å². The Bertz CT molecular complexity index is 564. The average molecular weight is 300 g/mol. The van der Waals surface area contributed by atoms with Crippen molar-refractivity contribution in [2.45, 2.75) is 37.6 Å². The van der Waals surface area contributed by atoms with Crippen LogP contribution in [0.15, 0.2) is 53.4 Å². The molecule has 3 N–H and O–H groups in total. The number of nitrogens with two attached hydrogens (primary N) is 1. The lowest BCUT2D eigenvalue weighted by atomic mass is 10.00. The van der Waals surface area contributed by atoms with Gasteiger partial charge in [0.1, 0.15) is 0 Å². The van der Waals surface area contributed by atoms with Crippen LogP contribution in [0.4, 0.5) is 0 Å². The third-order valence-electron chi connectivity index (χ3n) is 3.71. The average Bonchev–Trinajstić information content (AvgIpc) is 2.50. The van der Waals surface area contributed by atoms with Crippen LogP contribution in [0.5, 0.6) is 0 Å². The van der Waals surface area contributed by atoms with Crippen molar-refractivity contribution in [3.8, 4) is 0 Å². The highest BCUT2D eigenvalue weighted by Gasteiger charge is 2.11. The first-order valence-corrected chi connectivity index (χ1v) is 8.34. The van der Waals surface area contributed by atoms with Crippen molar-refractivity contribution >= 4 is 11.8 Å². The van der Waals surface area contributed by atoms with E-state index in [1.165, 1.54) is 21.6 Å². The molecular formula is C18H24N2S. The number of nitrogens with one attached hydrogen (secondary N) is 1. The van der Waals surface area contributed by atoms with Crippen LogP contribution in [-0.2, 0) is 0 Å². The highest BCUT2D eigenvalue weighted by atomic mass is 32.2. The van der Waals surface area contributed by atoms with Gasteiger partial charge in [-0.15, -0.1) is 11.8 Å². The Hall–Kier alpha value is -1.29. The van der Waals surface area contributed by atoms with Crippen molar-refractivity contribution in [3.05, 3.63) is 65.2 Å². The quantitative estimate of drug-likeness (QED) is 0.471. The molecule has 21 heavy (non-hydrogen) atoms. The molecule has 0 heterocycles.